The van der Waals surface area contributed by atoms with Gasteiger partial charge in [0.1, 0.15) is 5.01 Å². The molecular formula is C31H30N2O5S. The Hall–Kier alpha value is -4.30. The summed E-state index contributed by atoms with van der Waals surface area (Å²) in [7, 11) is 0. The number of aromatic nitrogens is 1. The summed E-state index contributed by atoms with van der Waals surface area (Å²) in [6.07, 6.45) is 2.30. The molecule has 4 rings (SSSR count). The molecule has 3 N–H and O–H groups in total. The molecule has 0 bridgehead atoms. The maximum Gasteiger partial charge on any atom is 0.306 e. The molecule has 0 unspecified atom stereocenters. The Morgan fingerprint density at radius 3 is 1.92 bits per heavy atom. The van der Waals surface area contributed by atoms with Crippen molar-refractivity contribution in [2.24, 2.45) is 11.8 Å². The van der Waals surface area contributed by atoms with E-state index in [-0.39, 0.29) is 31.7 Å². The number of carbonyl (C=O) groups excluding carboxylic acids is 1. The van der Waals surface area contributed by atoms with Crippen LogP contribution in [0.5, 0.6) is 0 Å². The molecule has 4 aromatic rings. The van der Waals surface area contributed by atoms with Crippen LogP contribution in [0.1, 0.15) is 24.0 Å². The number of benzene rings is 3. The van der Waals surface area contributed by atoms with Crippen molar-refractivity contribution in [3.63, 3.8) is 0 Å². The summed E-state index contributed by atoms with van der Waals surface area (Å²) in [6.45, 7) is -0.00638. The van der Waals surface area contributed by atoms with Crippen molar-refractivity contribution in [1.82, 2.24) is 10.3 Å². The predicted octanol–water partition coefficient (Wildman–Crippen LogP) is 5.56. The summed E-state index contributed by atoms with van der Waals surface area (Å²) < 4.78 is 0. The zero-order valence-corrected chi connectivity index (χ0v) is 22.1. The zero-order valence-electron chi connectivity index (χ0n) is 21.3. The molecule has 0 spiro atoms. The predicted molar refractivity (Wildman–Crippen MR) is 151 cm³/mol. The highest BCUT2D eigenvalue weighted by Crippen LogP contribution is 2.26. The fourth-order valence-corrected chi connectivity index (χ4v) is 5.16. The maximum atomic E-state index is 13.1. The Morgan fingerprint density at radius 2 is 1.36 bits per heavy atom. The molecule has 0 aliphatic rings. The molecule has 39 heavy (non-hydrogen) atoms. The number of carboxylic acids is 2. The Bertz CT molecular complexity index is 1370. The molecule has 1 heterocycles. The Morgan fingerprint density at radius 1 is 0.769 bits per heavy atom. The number of thiazole rings is 1. The van der Waals surface area contributed by atoms with Gasteiger partial charge < -0.3 is 15.5 Å². The van der Waals surface area contributed by atoms with Crippen LogP contribution >= 0.6 is 11.3 Å². The molecule has 0 saturated heterocycles. The van der Waals surface area contributed by atoms with E-state index in [4.69, 9.17) is 5.11 Å². The van der Waals surface area contributed by atoms with Gasteiger partial charge in [-0.3, -0.25) is 14.4 Å². The highest BCUT2D eigenvalue weighted by atomic mass is 32.1. The van der Waals surface area contributed by atoms with Crippen molar-refractivity contribution in [2.75, 3.05) is 6.54 Å². The Labute approximate surface area is 231 Å². The van der Waals surface area contributed by atoms with Crippen LogP contribution in [0.3, 0.4) is 0 Å². The number of carbonyl (C=O) groups is 3. The van der Waals surface area contributed by atoms with Crippen LogP contribution < -0.4 is 5.32 Å². The van der Waals surface area contributed by atoms with Crippen molar-refractivity contribution in [3.05, 3.63) is 102 Å². The van der Waals surface area contributed by atoms with E-state index < -0.39 is 23.8 Å². The van der Waals surface area contributed by atoms with E-state index in [1.54, 1.807) is 6.20 Å². The number of rotatable bonds is 13. The second-order valence-corrected chi connectivity index (χ2v) is 10.3. The number of aliphatic carboxylic acids is 2. The number of nitrogens with one attached hydrogen (secondary N) is 1. The molecule has 1 amide bonds. The summed E-state index contributed by atoms with van der Waals surface area (Å²) in [5.41, 5.74) is 4.87. The van der Waals surface area contributed by atoms with E-state index in [1.807, 2.05) is 84.2 Å². The van der Waals surface area contributed by atoms with Crippen LogP contribution in [0.4, 0.5) is 0 Å². The minimum atomic E-state index is -1.01. The van der Waals surface area contributed by atoms with E-state index in [0.29, 0.717) is 6.42 Å². The molecule has 7 nitrogen and oxygen atoms in total. The molecule has 0 fully saturated rings. The Kier molecular flexibility index (Phi) is 9.58. The lowest BCUT2D eigenvalue weighted by Crippen LogP contribution is -2.36. The molecule has 3 aromatic carbocycles. The average Bonchev–Trinajstić information content (AvgIpc) is 3.48. The third kappa shape index (κ3) is 8.09. The quantitative estimate of drug-likeness (QED) is 0.204. The molecule has 0 saturated carbocycles. The van der Waals surface area contributed by atoms with Gasteiger partial charge in [-0.2, -0.15) is 0 Å². The highest BCUT2D eigenvalue weighted by Gasteiger charge is 2.28. The van der Waals surface area contributed by atoms with Gasteiger partial charge in [0, 0.05) is 29.6 Å². The van der Waals surface area contributed by atoms with Crippen molar-refractivity contribution in [1.29, 1.82) is 0 Å². The first-order valence-electron chi connectivity index (χ1n) is 12.7. The van der Waals surface area contributed by atoms with E-state index in [2.05, 4.69) is 10.3 Å². The fraction of sp³-hybridized carbons (Fsp3) is 0.226. The molecule has 0 aliphatic heterocycles. The van der Waals surface area contributed by atoms with Gasteiger partial charge in [-0.1, -0.05) is 78.9 Å². The Balaban J connectivity index is 1.48. The van der Waals surface area contributed by atoms with Crippen molar-refractivity contribution in [3.8, 4) is 21.7 Å². The summed E-state index contributed by atoms with van der Waals surface area (Å²) in [4.78, 5) is 40.6. The van der Waals surface area contributed by atoms with Crippen molar-refractivity contribution >= 4 is 29.2 Å². The van der Waals surface area contributed by atoms with E-state index in [0.717, 1.165) is 32.8 Å². The van der Waals surface area contributed by atoms with Crippen LogP contribution in [-0.2, 0) is 27.2 Å². The third-order valence-electron chi connectivity index (χ3n) is 6.59. The summed E-state index contributed by atoms with van der Waals surface area (Å²) in [5, 5.41) is 24.5. The number of nitrogens with zero attached hydrogens (tertiary/aromatic N) is 1. The highest BCUT2D eigenvalue weighted by molar-refractivity contribution is 7.13. The minimum Gasteiger partial charge on any atom is -0.481 e. The number of carboxylic acid groups (broad SMARTS) is 2. The van der Waals surface area contributed by atoms with Crippen LogP contribution in [0.15, 0.2) is 90.4 Å². The molecule has 2 atom stereocenters. The van der Waals surface area contributed by atoms with Gasteiger partial charge in [0.15, 0.2) is 0 Å². The molecular weight excluding hydrogens is 512 g/mol. The van der Waals surface area contributed by atoms with Gasteiger partial charge in [0.2, 0.25) is 5.91 Å². The largest absolute Gasteiger partial charge is 0.481 e. The normalized spacial score (nSPS) is 12.4. The van der Waals surface area contributed by atoms with E-state index >= 15 is 0 Å². The number of hydrogen-bond acceptors (Lipinski definition) is 5. The van der Waals surface area contributed by atoms with Crippen molar-refractivity contribution < 1.29 is 24.6 Å². The SMILES string of the molecule is O=C(O)CCNC(=O)[C@@H](Cc1ccc(-c2ccccc2)cc1)C[C@@H](Cc1ccc(-c2nccs2)cc1)C(=O)O. The third-order valence-corrected chi connectivity index (χ3v) is 7.41. The van der Waals surface area contributed by atoms with E-state index in [9.17, 15) is 19.5 Å². The van der Waals surface area contributed by atoms with Crippen LogP contribution in [-0.4, -0.2) is 39.6 Å². The second-order valence-electron chi connectivity index (χ2n) is 9.41. The first kappa shape index (κ1) is 27.7. The van der Waals surface area contributed by atoms with Gasteiger partial charge in [-0.05, 0) is 41.5 Å². The molecule has 200 valence electrons. The fourth-order valence-electron chi connectivity index (χ4n) is 4.52. The summed E-state index contributed by atoms with van der Waals surface area (Å²) in [6, 6.07) is 25.5. The standard InChI is InChI=1S/C31H30N2O5S/c34-28(35)14-15-32-29(36)26(18-21-6-10-24(11-7-21)23-4-2-1-3-5-23)20-27(31(37)38)19-22-8-12-25(13-9-22)30-33-16-17-39-30/h1-13,16-17,26-27H,14-15,18-20H2,(H,32,36)(H,34,35)(H,37,38)/t26-,27+/m0/s1. The zero-order chi connectivity index (χ0) is 27.6. The molecule has 0 aliphatic carbocycles. The lowest BCUT2D eigenvalue weighted by Gasteiger charge is -2.21. The van der Waals surface area contributed by atoms with Crippen LogP contribution in [0.2, 0.25) is 0 Å². The van der Waals surface area contributed by atoms with Gasteiger partial charge in [-0.15, -0.1) is 11.3 Å². The topological polar surface area (TPSA) is 117 Å². The first-order chi connectivity index (χ1) is 18.9. The number of hydrogen-bond donors (Lipinski definition) is 3. The van der Waals surface area contributed by atoms with Gasteiger partial charge in [-0.25, -0.2) is 4.98 Å². The summed E-state index contributed by atoms with van der Waals surface area (Å²) in [5.74, 6) is -3.73. The monoisotopic (exact) mass is 542 g/mol. The van der Waals surface area contributed by atoms with Gasteiger partial charge in [0.05, 0.1) is 12.3 Å². The smallest absolute Gasteiger partial charge is 0.306 e. The molecule has 0 radical (unpaired) electrons. The molecule has 1 aromatic heterocycles. The summed E-state index contributed by atoms with van der Waals surface area (Å²) >= 11 is 1.53. The van der Waals surface area contributed by atoms with Gasteiger partial charge in [0.25, 0.3) is 0 Å². The maximum absolute atomic E-state index is 13.1. The van der Waals surface area contributed by atoms with Crippen molar-refractivity contribution in [2.45, 2.75) is 25.7 Å². The average molecular weight is 543 g/mol. The van der Waals surface area contributed by atoms with Crippen LogP contribution in [0, 0.1) is 11.8 Å². The van der Waals surface area contributed by atoms with E-state index in [1.165, 1.54) is 11.3 Å². The van der Waals surface area contributed by atoms with Crippen LogP contribution in [0.25, 0.3) is 21.7 Å². The van der Waals surface area contributed by atoms with Gasteiger partial charge >= 0.3 is 11.9 Å². The lowest BCUT2D eigenvalue weighted by atomic mass is 9.85. The first-order valence-corrected chi connectivity index (χ1v) is 13.6. The lowest BCUT2D eigenvalue weighted by molar-refractivity contribution is -0.142. The number of amides is 1. The minimum absolute atomic E-state index is 0.00638. The molecule has 8 heteroatoms. The second kappa shape index (κ2) is 13.5.